The second-order valence-electron chi connectivity index (χ2n) is 4.68. The van der Waals surface area contributed by atoms with Crippen molar-refractivity contribution in [3.8, 4) is 0 Å². The van der Waals surface area contributed by atoms with E-state index in [4.69, 9.17) is 5.11 Å². The van der Waals surface area contributed by atoms with Crippen molar-refractivity contribution >= 4 is 17.6 Å². The number of rotatable bonds is 5. The first-order valence-corrected chi connectivity index (χ1v) is 5.59. The van der Waals surface area contributed by atoms with Crippen LogP contribution >= 0.6 is 0 Å². The second kappa shape index (κ2) is 5.08. The van der Waals surface area contributed by atoms with Gasteiger partial charge in [0.1, 0.15) is 6.04 Å². The number of aliphatic carboxylic acids is 2. The van der Waals surface area contributed by atoms with Crippen LogP contribution in [0.5, 0.6) is 0 Å². The summed E-state index contributed by atoms with van der Waals surface area (Å²) in [5, 5.41) is 20.9. The molecule has 0 spiro atoms. The van der Waals surface area contributed by atoms with E-state index in [1.54, 1.807) is 38.1 Å². The van der Waals surface area contributed by atoms with Gasteiger partial charge in [-0.2, -0.15) is 0 Å². The summed E-state index contributed by atoms with van der Waals surface area (Å²) in [5.74, 6) is -1.95. The van der Waals surface area contributed by atoms with E-state index < -0.39 is 23.4 Å². The van der Waals surface area contributed by atoms with Gasteiger partial charge < -0.3 is 15.5 Å². The molecule has 0 radical (unpaired) electrons. The van der Waals surface area contributed by atoms with Gasteiger partial charge in [-0.25, -0.2) is 0 Å². The number of para-hydroxylation sites is 1. The molecular weight excluding hydrogens is 234 g/mol. The van der Waals surface area contributed by atoms with Crippen LogP contribution in [0.15, 0.2) is 24.3 Å². The number of benzene rings is 1. The zero-order valence-electron chi connectivity index (χ0n) is 10.6. The molecule has 0 bridgehead atoms. The summed E-state index contributed by atoms with van der Waals surface area (Å²) in [4.78, 5) is 22.1. The number of hydrogen-bond acceptors (Lipinski definition) is 3. The van der Waals surface area contributed by atoms with Gasteiger partial charge in [-0.05, 0) is 32.4 Å². The zero-order valence-corrected chi connectivity index (χ0v) is 10.6. The standard InChI is InChI=1S/C13H17NO4/c1-8(11(15)16)14-10-7-5-4-6-9(10)13(2,3)12(17)18/h4-8,14H,1-3H3,(H,15,16)(H,17,18). The fourth-order valence-corrected chi connectivity index (χ4v) is 1.56. The van der Waals surface area contributed by atoms with Crippen LogP contribution in [0, 0.1) is 0 Å². The average molecular weight is 251 g/mol. The lowest BCUT2D eigenvalue weighted by Crippen LogP contribution is -2.32. The molecule has 0 aliphatic heterocycles. The molecule has 1 aromatic carbocycles. The lowest BCUT2D eigenvalue weighted by molar-refractivity contribution is -0.142. The Bertz CT molecular complexity index is 468. The molecule has 1 rings (SSSR count). The van der Waals surface area contributed by atoms with E-state index in [2.05, 4.69) is 5.32 Å². The van der Waals surface area contributed by atoms with Gasteiger partial charge >= 0.3 is 11.9 Å². The van der Waals surface area contributed by atoms with Gasteiger partial charge in [0.05, 0.1) is 5.41 Å². The van der Waals surface area contributed by atoms with Crippen LogP contribution in [0.2, 0.25) is 0 Å². The normalized spacial score (nSPS) is 12.8. The number of carboxylic acids is 2. The van der Waals surface area contributed by atoms with Crippen LogP contribution in [-0.2, 0) is 15.0 Å². The molecule has 0 heterocycles. The van der Waals surface area contributed by atoms with Crippen LogP contribution in [0.3, 0.4) is 0 Å². The summed E-state index contributed by atoms with van der Waals surface area (Å²) in [5.41, 5.74) is 0.00680. The van der Waals surface area contributed by atoms with E-state index in [9.17, 15) is 14.7 Å². The van der Waals surface area contributed by atoms with Crippen molar-refractivity contribution in [2.45, 2.75) is 32.2 Å². The summed E-state index contributed by atoms with van der Waals surface area (Å²) < 4.78 is 0. The van der Waals surface area contributed by atoms with E-state index in [0.29, 0.717) is 11.3 Å². The fraction of sp³-hybridized carbons (Fsp3) is 0.385. The first-order chi connectivity index (χ1) is 8.26. The number of carboxylic acid groups (broad SMARTS) is 2. The Hall–Kier alpha value is -2.04. The second-order valence-corrected chi connectivity index (χ2v) is 4.68. The largest absolute Gasteiger partial charge is 0.481 e. The molecule has 1 unspecified atom stereocenters. The Labute approximate surface area is 105 Å². The van der Waals surface area contributed by atoms with Crippen LogP contribution in [-0.4, -0.2) is 28.2 Å². The molecule has 3 N–H and O–H groups in total. The Balaban J connectivity index is 3.15. The lowest BCUT2D eigenvalue weighted by Gasteiger charge is -2.24. The average Bonchev–Trinajstić information content (AvgIpc) is 2.29. The summed E-state index contributed by atoms with van der Waals surface area (Å²) in [6, 6.07) is 6.05. The third kappa shape index (κ3) is 2.80. The molecule has 5 nitrogen and oxygen atoms in total. The maximum Gasteiger partial charge on any atom is 0.325 e. The summed E-state index contributed by atoms with van der Waals surface area (Å²) in [6.07, 6.45) is 0. The van der Waals surface area contributed by atoms with Crippen molar-refractivity contribution < 1.29 is 19.8 Å². The maximum absolute atomic E-state index is 11.2. The molecule has 0 saturated carbocycles. The minimum Gasteiger partial charge on any atom is -0.481 e. The van der Waals surface area contributed by atoms with E-state index in [0.717, 1.165) is 0 Å². The summed E-state index contributed by atoms with van der Waals surface area (Å²) in [7, 11) is 0. The maximum atomic E-state index is 11.2. The molecule has 18 heavy (non-hydrogen) atoms. The number of hydrogen-bond donors (Lipinski definition) is 3. The minimum atomic E-state index is -1.08. The van der Waals surface area contributed by atoms with Crippen molar-refractivity contribution in [1.29, 1.82) is 0 Å². The SMILES string of the molecule is CC(Nc1ccccc1C(C)(C)C(=O)O)C(=O)O. The van der Waals surface area contributed by atoms with Crippen LogP contribution < -0.4 is 5.32 Å². The molecule has 0 saturated heterocycles. The Kier molecular flexibility index (Phi) is 3.96. The van der Waals surface area contributed by atoms with E-state index in [1.165, 1.54) is 6.92 Å². The minimum absolute atomic E-state index is 0.528. The number of carbonyl (C=O) groups is 2. The quantitative estimate of drug-likeness (QED) is 0.744. The van der Waals surface area contributed by atoms with Crippen molar-refractivity contribution in [2.75, 3.05) is 5.32 Å². The van der Waals surface area contributed by atoms with Gasteiger partial charge in [-0.1, -0.05) is 18.2 Å². The van der Waals surface area contributed by atoms with Crippen molar-refractivity contribution in [1.82, 2.24) is 0 Å². The lowest BCUT2D eigenvalue weighted by atomic mass is 9.83. The first-order valence-electron chi connectivity index (χ1n) is 5.59. The Morgan fingerprint density at radius 2 is 1.78 bits per heavy atom. The Morgan fingerprint density at radius 3 is 2.28 bits per heavy atom. The predicted molar refractivity (Wildman–Crippen MR) is 67.8 cm³/mol. The van der Waals surface area contributed by atoms with Gasteiger partial charge in [-0.15, -0.1) is 0 Å². The van der Waals surface area contributed by atoms with E-state index in [1.807, 2.05) is 0 Å². The molecule has 0 fully saturated rings. The summed E-state index contributed by atoms with van der Waals surface area (Å²) >= 11 is 0. The first kappa shape index (κ1) is 14.0. The van der Waals surface area contributed by atoms with Gasteiger partial charge in [0.2, 0.25) is 0 Å². The third-order valence-electron chi connectivity index (χ3n) is 2.88. The van der Waals surface area contributed by atoms with E-state index >= 15 is 0 Å². The molecule has 1 aromatic rings. The van der Waals surface area contributed by atoms with Crippen molar-refractivity contribution in [3.05, 3.63) is 29.8 Å². The predicted octanol–water partition coefficient (Wildman–Crippen LogP) is 1.93. The third-order valence-corrected chi connectivity index (χ3v) is 2.88. The van der Waals surface area contributed by atoms with Crippen molar-refractivity contribution in [2.24, 2.45) is 0 Å². The van der Waals surface area contributed by atoms with Gasteiger partial charge in [0.15, 0.2) is 0 Å². The molecular formula is C13H17NO4. The topological polar surface area (TPSA) is 86.6 Å². The molecule has 0 aliphatic rings. The molecule has 1 atom stereocenters. The molecule has 0 aliphatic carbocycles. The van der Waals surface area contributed by atoms with Crippen LogP contribution in [0.25, 0.3) is 0 Å². The van der Waals surface area contributed by atoms with Gasteiger partial charge in [0, 0.05) is 5.69 Å². The molecule has 0 aromatic heterocycles. The summed E-state index contributed by atoms with van der Waals surface area (Å²) in [6.45, 7) is 4.68. The number of anilines is 1. The van der Waals surface area contributed by atoms with E-state index in [-0.39, 0.29) is 0 Å². The highest BCUT2D eigenvalue weighted by Crippen LogP contribution is 2.30. The van der Waals surface area contributed by atoms with Gasteiger partial charge in [0.25, 0.3) is 0 Å². The monoisotopic (exact) mass is 251 g/mol. The fourth-order valence-electron chi connectivity index (χ4n) is 1.56. The van der Waals surface area contributed by atoms with Crippen molar-refractivity contribution in [3.63, 3.8) is 0 Å². The van der Waals surface area contributed by atoms with Crippen LogP contribution in [0.4, 0.5) is 5.69 Å². The highest BCUT2D eigenvalue weighted by molar-refractivity contribution is 5.84. The smallest absolute Gasteiger partial charge is 0.325 e. The molecule has 5 heteroatoms. The highest BCUT2D eigenvalue weighted by Gasteiger charge is 2.32. The number of nitrogens with one attached hydrogen (secondary N) is 1. The molecule has 98 valence electrons. The van der Waals surface area contributed by atoms with Crippen LogP contribution in [0.1, 0.15) is 26.3 Å². The van der Waals surface area contributed by atoms with Gasteiger partial charge in [-0.3, -0.25) is 9.59 Å². The Morgan fingerprint density at radius 1 is 1.22 bits per heavy atom. The molecule has 0 amide bonds. The highest BCUT2D eigenvalue weighted by atomic mass is 16.4. The zero-order chi connectivity index (χ0) is 13.9.